The fraction of sp³-hybridized carbons (Fsp3) is 0.400. The summed E-state index contributed by atoms with van der Waals surface area (Å²) in [6, 6.07) is 3.19. The summed E-state index contributed by atoms with van der Waals surface area (Å²) in [7, 11) is 0. The van der Waals surface area contributed by atoms with Gasteiger partial charge in [-0.05, 0) is 25.0 Å². The second kappa shape index (κ2) is 4.73. The molecule has 0 aromatic heterocycles. The summed E-state index contributed by atoms with van der Waals surface area (Å²) in [4.78, 5) is 0. The smallest absolute Gasteiger partial charge is 0.121 e. The maximum Gasteiger partial charge on any atom is 0.121 e. The van der Waals surface area contributed by atoms with Crippen molar-refractivity contribution in [3.8, 4) is 5.75 Å². The normalized spacial score (nSPS) is 10.4. The Morgan fingerprint density at radius 2 is 2.00 bits per heavy atom. The van der Waals surface area contributed by atoms with Crippen molar-refractivity contribution in [1.82, 2.24) is 0 Å². The molecule has 0 spiro atoms. The third-order valence-electron chi connectivity index (χ3n) is 1.92. The first-order chi connectivity index (χ1) is 6.15. The summed E-state index contributed by atoms with van der Waals surface area (Å²) in [6.45, 7) is 2.10. The van der Waals surface area contributed by atoms with E-state index in [0.717, 1.165) is 24.8 Å². The Morgan fingerprint density at radius 1 is 1.31 bits per heavy atom. The lowest BCUT2D eigenvalue weighted by Crippen LogP contribution is -1.87. The quantitative estimate of drug-likeness (QED) is 0.813. The number of hydrogen-bond donors (Lipinski definition) is 1. The summed E-state index contributed by atoms with van der Waals surface area (Å²) in [5, 5.41) is 10.6. The largest absolute Gasteiger partial charge is 0.508 e. The van der Waals surface area contributed by atoms with Crippen molar-refractivity contribution in [3.05, 3.63) is 27.7 Å². The third kappa shape index (κ3) is 2.78. The van der Waals surface area contributed by atoms with Crippen LogP contribution in [-0.2, 0) is 6.42 Å². The van der Waals surface area contributed by atoms with E-state index in [0.29, 0.717) is 10.0 Å². The Kier molecular flexibility index (Phi) is 3.89. The summed E-state index contributed by atoms with van der Waals surface area (Å²) in [6.07, 6.45) is 2.91. The predicted molar refractivity (Wildman–Crippen MR) is 56.7 cm³/mol. The zero-order chi connectivity index (χ0) is 9.84. The van der Waals surface area contributed by atoms with E-state index in [1.165, 1.54) is 6.07 Å². The van der Waals surface area contributed by atoms with Crippen molar-refractivity contribution in [3.63, 3.8) is 0 Å². The van der Waals surface area contributed by atoms with Crippen LogP contribution in [-0.4, -0.2) is 5.11 Å². The van der Waals surface area contributed by atoms with Gasteiger partial charge in [-0.1, -0.05) is 36.5 Å². The van der Waals surface area contributed by atoms with Crippen LogP contribution in [0, 0.1) is 0 Å². The maximum absolute atomic E-state index is 9.53. The van der Waals surface area contributed by atoms with E-state index in [-0.39, 0.29) is 5.75 Å². The Hall–Kier alpha value is -0.400. The van der Waals surface area contributed by atoms with E-state index in [4.69, 9.17) is 23.2 Å². The van der Waals surface area contributed by atoms with E-state index < -0.39 is 0 Å². The summed E-state index contributed by atoms with van der Waals surface area (Å²) >= 11 is 11.6. The minimum absolute atomic E-state index is 0.200. The van der Waals surface area contributed by atoms with Crippen molar-refractivity contribution in [2.24, 2.45) is 0 Å². The molecular formula is C10H12Cl2O. The number of phenols is 1. The van der Waals surface area contributed by atoms with Gasteiger partial charge >= 0.3 is 0 Å². The molecule has 0 aliphatic rings. The van der Waals surface area contributed by atoms with Crippen LogP contribution in [0.25, 0.3) is 0 Å². The molecule has 0 bridgehead atoms. The van der Waals surface area contributed by atoms with Crippen molar-refractivity contribution >= 4 is 23.2 Å². The van der Waals surface area contributed by atoms with Crippen LogP contribution in [0.15, 0.2) is 12.1 Å². The van der Waals surface area contributed by atoms with Crippen molar-refractivity contribution in [2.75, 3.05) is 0 Å². The molecule has 0 unspecified atom stereocenters. The van der Waals surface area contributed by atoms with Crippen LogP contribution in [0.5, 0.6) is 5.75 Å². The molecule has 13 heavy (non-hydrogen) atoms. The molecule has 72 valence electrons. The van der Waals surface area contributed by atoms with Gasteiger partial charge in [-0.2, -0.15) is 0 Å². The second-order valence-electron chi connectivity index (χ2n) is 2.99. The average Bonchev–Trinajstić information content (AvgIpc) is 2.02. The lowest BCUT2D eigenvalue weighted by Gasteiger charge is -2.06. The van der Waals surface area contributed by atoms with Crippen molar-refractivity contribution in [1.29, 1.82) is 0 Å². The lowest BCUT2D eigenvalue weighted by molar-refractivity contribution is 0.467. The number of phenolic OH excluding ortho intramolecular Hbond substituents is 1. The fourth-order valence-corrected chi connectivity index (χ4v) is 1.77. The molecule has 1 N–H and O–H groups in total. The Labute approximate surface area is 88.3 Å². The summed E-state index contributed by atoms with van der Waals surface area (Å²) in [5.74, 6) is 0.200. The van der Waals surface area contributed by atoms with E-state index in [1.807, 2.05) is 0 Å². The molecule has 0 amide bonds. The van der Waals surface area contributed by atoms with Crippen LogP contribution in [0.2, 0.25) is 10.0 Å². The number of halogens is 2. The highest BCUT2D eigenvalue weighted by atomic mass is 35.5. The van der Waals surface area contributed by atoms with Crippen LogP contribution >= 0.6 is 23.2 Å². The van der Waals surface area contributed by atoms with Gasteiger partial charge < -0.3 is 5.11 Å². The SMILES string of the molecule is CCCCc1c(O)cc(Cl)cc1Cl. The average molecular weight is 219 g/mol. The molecule has 0 heterocycles. The Balaban J connectivity index is 2.92. The number of hydrogen-bond acceptors (Lipinski definition) is 1. The Bertz CT molecular complexity index is 274. The topological polar surface area (TPSA) is 20.2 Å². The first-order valence-electron chi connectivity index (χ1n) is 4.32. The van der Waals surface area contributed by atoms with Gasteiger partial charge in [0.15, 0.2) is 0 Å². The molecule has 1 aromatic carbocycles. The summed E-state index contributed by atoms with van der Waals surface area (Å²) < 4.78 is 0. The highest BCUT2D eigenvalue weighted by Crippen LogP contribution is 2.30. The zero-order valence-corrected chi connectivity index (χ0v) is 8.99. The third-order valence-corrected chi connectivity index (χ3v) is 2.47. The van der Waals surface area contributed by atoms with Gasteiger partial charge in [0, 0.05) is 15.6 Å². The highest BCUT2D eigenvalue weighted by molar-refractivity contribution is 6.35. The van der Waals surface area contributed by atoms with Gasteiger partial charge in [-0.3, -0.25) is 0 Å². The van der Waals surface area contributed by atoms with E-state index in [9.17, 15) is 5.11 Å². The molecule has 0 fully saturated rings. The van der Waals surface area contributed by atoms with Gasteiger partial charge in [0.25, 0.3) is 0 Å². The van der Waals surface area contributed by atoms with E-state index in [1.54, 1.807) is 6.07 Å². The van der Waals surface area contributed by atoms with Crippen LogP contribution in [0.4, 0.5) is 0 Å². The monoisotopic (exact) mass is 218 g/mol. The second-order valence-corrected chi connectivity index (χ2v) is 3.83. The van der Waals surface area contributed by atoms with Gasteiger partial charge in [-0.15, -0.1) is 0 Å². The molecule has 1 nitrogen and oxygen atoms in total. The van der Waals surface area contributed by atoms with Gasteiger partial charge in [0.05, 0.1) is 0 Å². The fourth-order valence-electron chi connectivity index (χ4n) is 1.19. The standard InChI is InChI=1S/C10H12Cl2O/c1-2-3-4-8-9(12)5-7(11)6-10(8)13/h5-6,13H,2-4H2,1H3. The predicted octanol–water partition coefficient (Wildman–Crippen LogP) is 4.04. The van der Waals surface area contributed by atoms with Gasteiger partial charge in [-0.25, -0.2) is 0 Å². The molecule has 0 saturated carbocycles. The number of rotatable bonds is 3. The molecule has 0 aliphatic carbocycles. The Morgan fingerprint density at radius 3 is 2.54 bits per heavy atom. The van der Waals surface area contributed by atoms with E-state index >= 15 is 0 Å². The van der Waals surface area contributed by atoms with Crippen molar-refractivity contribution < 1.29 is 5.11 Å². The lowest BCUT2D eigenvalue weighted by atomic mass is 10.1. The molecule has 0 atom stereocenters. The number of aromatic hydroxyl groups is 1. The summed E-state index contributed by atoms with van der Waals surface area (Å²) in [5.41, 5.74) is 0.799. The molecule has 1 rings (SSSR count). The minimum atomic E-state index is 0.200. The van der Waals surface area contributed by atoms with Crippen LogP contribution < -0.4 is 0 Å². The molecule has 0 aliphatic heterocycles. The first-order valence-corrected chi connectivity index (χ1v) is 5.07. The molecule has 0 radical (unpaired) electrons. The van der Waals surface area contributed by atoms with Crippen LogP contribution in [0.3, 0.4) is 0 Å². The first kappa shape index (κ1) is 10.7. The maximum atomic E-state index is 9.53. The minimum Gasteiger partial charge on any atom is -0.508 e. The zero-order valence-electron chi connectivity index (χ0n) is 7.48. The highest BCUT2D eigenvalue weighted by Gasteiger charge is 2.07. The van der Waals surface area contributed by atoms with Gasteiger partial charge in [0.1, 0.15) is 5.75 Å². The van der Waals surface area contributed by atoms with Gasteiger partial charge in [0.2, 0.25) is 0 Å². The number of benzene rings is 1. The molecule has 3 heteroatoms. The number of unbranched alkanes of at least 4 members (excludes halogenated alkanes) is 1. The molecular weight excluding hydrogens is 207 g/mol. The molecule has 0 saturated heterocycles. The van der Waals surface area contributed by atoms with Crippen LogP contribution in [0.1, 0.15) is 25.3 Å². The van der Waals surface area contributed by atoms with E-state index in [2.05, 4.69) is 6.92 Å². The molecule has 1 aromatic rings. The van der Waals surface area contributed by atoms with Crippen molar-refractivity contribution in [2.45, 2.75) is 26.2 Å².